The Balaban J connectivity index is 1.92. The number of aromatic nitrogens is 2. The van der Waals surface area contributed by atoms with E-state index in [0.29, 0.717) is 0 Å². The summed E-state index contributed by atoms with van der Waals surface area (Å²) in [6.45, 7) is 1.12. The van der Waals surface area contributed by atoms with E-state index in [-0.39, 0.29) is 0 Å². The molecule has 18 heavy (non-hydrogen) atoms. The van der Waals surface area contributed by atoms with Gasteiger partial charge in [-0.1, -0.05) is 12.1 Å². The highest BCUT2D eigenvalue weighted by Gasteiger charge is 2.12. The number of aryl methyl sites for hydroxylation is 2. The third-order valence-electron chi connectivity index (χ3n) is 3.59. The van der Waals surface area contributed by atoms with E-state index < -0.39 is 0 Å². The summed E-state index contributed by atoms with van der Waals surface area (Å²) >= 11 is 0. The minimum absolute atomic E-state index is 1.11. The van der Waals surface area contributed by atoms with Gasteiger partial charge in [-0.05, 0) is 25.0 Å². The lowest BCUT2D eigenvalue weighted by Crippen LogP contribution is -2.08. The van der Waals surface area contributed by atoms with Crippen molar-refractivity contribution < 1.29 is 0 Å². The highest BCUT2D eigenvalue weighted by atomic mass is 15.1. The first-order chi connectivity index (χ1) is 8.74. The second-order valence-corrected chi connectivity index (χ2v) is 5.13. The summed E-state index contributed by atoms with van der Waals surface area (Å²) in [5, 5.41) is 0. The first kappa shape index (κ1) is 11.3. The molecular weight excluding hydrogens is 222 g/mol. The zero-order valence-corrected chi connectivity index (χ0v) is 11.1. The zero-order chi connectivity index (χ0) is 12.5. The van der Waals surface area contributed by atoms with Crippen molar-refractivity contribution >= 4 is 5.69 Å². The average Bonchev–Trinajstić information content (AvgIpc) is 2.82. The van der Waals surface area contributed by atoms with Crippen LogP contribution in [0.5, 0.6) is 0 Å². The molecule has 0 fully saturated rings. The van der Waals surface area contributed by atoms with Crippen molar-refractivity contribution in [1.82, 2.24) is 9.55 Å². The van der Waals surface area contributed by atoms with Crippen LogP contribution < -0.4 is 4.90 Å². The van der Waals surface area contributed by atoms with E-state index in [0.717, 1.165) is 18.7 Å². The first-order valence-corrected chi connectivity index (χ1v) is 6.58. The Morgan fingerprint density at radius 1 is 1.11 bits per heavy atom. The van der Waals surface area contributed by atoms with Crippen molar-refractivity contribution in [3.05, 3.63) is 36.3 Å². The van der Waals surface area contributed by atoms with Gasteiger partial charge in [0.05, 0.1) is 5.69 Å². The minimum Gasteiger partial charge on any atom is -0.378 e. The monoisotopic (exact) mass is 241 g/mol. The quantitative estimate of drug-likeness (QED) is 0.806. The van der Waals surface area contributed by atoms with Gasteiger partial charge in [0.2, 0.25) is 0 Å². The number of rotatable bonds is 2. The highest BCUT2D eigenvalue weighted by Crippen LogP contribution is 2.24. The van der Waals surface area contributed by atoms with Crippen molar-refractivity contribution in [2.75, 3.05) is 19.0 Å². The normalized spacial score (nSPS) is 14.3. The van der Waals surface area contributed by atoms with E-state index in [1.807, 2.05) is 0 Å². The predicted molar refractivity (Wildman–Crippen MR) is 74.9 cm³/mol. The molecule has 0 spiro atoms. The number of anilines is 1. The summed E-state index contributed by atoms with van der Waals surface area (Å²) in [5.41, 5.74) is 3.54. The van der Waals surface area contributed by atoms with E-state index >= 15 is 0 Å². The number of fused-ring (bicyclic) bond motifs is 1. The third-order valence-corrected chi connectivity index (χ3v) is 3.59. The van der Waals surface area contributed by atoms with Crippen LogP contribution in [-0.2, 0) is 13.0 Å². The van der Waals surface area contributed by atoms with Crippen LogP contribution in [0.4, 0.5) is 5.69 Å². The van der Waals surface area contributed by atoms with E-state index in [9.17, 15) is 0 Å². The van der Waals surface area contributed by atoms with Gasteiger partial charge in [-0.3, -0.25) is 0 Å². The fourth-order valence-electron chi connectivity index (χ4n) is 2.48. The summed E-state index contributed by atoms with van der Waals surface area (Å²) < 4.78 is 2.30. The maximum absolute atomic E-state index is 4.74. The van der Waals surface area contributed by atoms with Crippen LogP contribution in [0.2, 0.25) is 0 Å². The van der Waals surface area contributed by atoms with E-state index in [1.165, 1.54) is 29.9 Å². The molecule has 0 saturated carbocycles. The van der Waals surface area contributed by atoms with Crippen LogP contribution in [-0.4, -0.2) is 23.6 Å². The number of benzene rings is 1. The standard InChI is InChI=1S/C15H19N3/c1-17(2)13-8-6-12(7-9-13)14-11-18-10-4-3-5-15(18)16-14/h6-9,11H,3-5,10H2,1-2H3. The Kier molecular flexibility index (Phi) is 2.82. The molecule has 2 aromatic rings. The summed E-state index contributed by atoms with van der Waals surface area (Å²) in [5.74, 6) is 1.24. The lowest BCUT2D eigenvalue weighted by Gasteiger charge is -2.12. The molecular formula is C15H19N3. The van der Waals surface area contributed by atoms with Crippen molar-refractivity contribution in [3.8, 4) is 11.3 Å². The van der Waals surface area contributed by atoms with Gasteiger partial charge >= 0.3 is 0 Å². The fourth-order valence-corrected chi connectivity index (χ4v) is 2.48. The Morgan fingerprint density at radius 3 is 2.56 bits per heavy atom. The second-order valence-electron chi connectivity index (χ2n) is 5.13. The van der Waals surface area contributed by atoms with Crippen molar-refractivity contribution in [3.63, 3.8) is 0 Å². The molecule has 0 aliphatic carbocycles. The van der Waals surface area contributed by atoms with E-state index in [2.05, 4.69) is 54.0 Å². The smallest absolute Gasteiger partial charge is 0.109 e. The van der Waals surface area contributed by atoms with E-state index in [1.54, 1.807) is 0 Å². The Bertz CT molecular complexity index is 514. The lowest BCUT2D eigenvalue weighted by atomic mass is 10.1. The Hall–Kier alpha value is -1.77. The van der Waals surface area contributed by atoms with Crippen molar-refractivity contribution in [2.24, 2.45) is 0 Å². The molecule has 3 rings (SSSR count). The lowest BCUT2D eigenvalue weighted by molar-refractivity contribution is 0.522. The van der Waals surface area contributed by atoms with Gasteiger partial charge in [-0.25, -0.2) is 4.98 Å². The summed E-state index contributed by atoms with van der Waals surface area (Å²) in [7, 11) is 4.12. The number of imidazole rings is 1. The van der Waals surface area contributed by atoms with Gasteiger partial charge in [-0.2, -0.15) is 0 Å². The van der Waals surface area contributed by atoms with E-state index in [4.69, 9.17) is 4.98 Å². The van der Waals surface area contributed by atoms with Crippen LogP contribution in [0.3, 0.4) is 0 Å². The largest absolute Gasteiger partial charge is 0.378 e. The Morgan fingerprint density at radius 2 is 1.89 bits per heavy atom. The Labute approximate surface area is 108 Å². The molecule has 0 atom stereocenters. The van der Waals surface area contributed by atoms with Gasteiger partial charge in [0.1, 0.15) is 5.82 Å². The van der Waals surface area contributed by atoms with Crippen LogP contribution >= 0.6 is 0 Å². The van der Waals surface area contributed by atoms with Crippen LogP contribution in [0.1, 0.15) is 18.7 Å². The fraction of sp³-hybridized carbons (Fsp3) is 0.400. The predicted octanol–water partition coefficient (Wildman–Crippen LogP) is 2.95. The molecule has 3 heteroatoms. The van der Waals surface area contributed by atoms with Gasteiger partial charge in [-0.15, -0.1) is 0 Å². The molecule has 0 bridgehead atoms. The molecule has 0 radical (unpaired) electrons. The molecule has 0 saturated heterocycles. The van der Waals surface area contributed by atoms with Gasteiger partial charge < -0.3 is 9.47 Å². The minimum atomic E-state index is 1.11. The molecule has 0 N–H and O–H groups in total. The molecule has 0 amide bonds. The number of hydrogen-bond donors (Lipinski definition) is 0. The number of nitrogens with zero attached hydrogens (tertiary/aromatic N) is 3. The van der Waals surface area contributed by atoms with Crippen molar-refractivity contribution in [1.29, 1.82) is 0 Å². The highest BCUT2D eigenvalue weighted by molar-refractivity contribution is 5.62. The van der Waals surface area contributed by atoms with Gasteiger partial charge in [0.25, 0.3) is 0 Å². The van der Waals surface area contributed by atoms with Gasteiger partial charge in [0.15, 0.2) is 0 Å². The topological polar surface area (TPSA) is 21.1 Å². The summed E-state index contributed by atoms with van der Waals surface area (Å²) in [6.07, 6.45) is 5.87. The SMILES string of the molecule is CN(C)c1ccc(-c2cn3c(n2)CCCC3)cc1. The second kappa shape index (κ2) is 4.48. The van der Waals surface area contributed by atoms with Crippen LogP contribution in [0.25, 0.3) is 11.3 Å². The molecule has 94 valence electrons. The maximum atomic E-state index is 4.74. The average molecular weight is 241 g/mol. The molecule has 3 nitrogen and oxygen atoms in total. The van der Waals surface area contributed by atoms with Gasteiger partial charge in [0, 0.05) is 44.5 Å². The molecule has 2 heterocycles. The molecule has 1 aromatic heterocycles. The third kappa shape index (κ3) is 2.01. The van der Waals surface area contributed by atoms with Crippen LogP contribution in [0, 0.1) is 0 Å². The summed E-state index contributed by atoms with van der Waals surface area (Å²) in [4.78, 5) is 6.86. The molecule has 1 aliphatic heterocycles. The number of hydrogen-bond acceptors (Lipinski definition) is 2. The summed E-state index contributed by atoms with van der Waals surface area (Å²) in [6, 6.07) is 8.61. The zero-order valence-electron chi connectivity index (χ0n) is 11.1. The molecule has 1 aliphatic rings. The molecule has 0 unspecified atom stereocenters. The first-order valence-electron chi connectivity index (χ1n) is 6.58. The maximum Gasteiger partial charge on any atom is 0.109 e. The molecule has 1 aromatic carbocycles. The van der Waals surface area contributed by atoms with Crippen molar-refractivity contribution in [2.45, 2.75) is 25.8 Å². The van der Waals surface area contributed by atoms with Crippen LogP contribution in [0.15, 0.2) is 30.5 Å².